The number of carboxylic acid groups (broad SMARTS) is 1. The molecule has 2 N–H and O–H groups in total. The van der Waals surface area contributed by atoms with E-state index in [1.165, 1.54) is 16.2 Å². The lowest BCUT2D eigenvalue weighted by atomic mass is 10.1. The van der Waals surface area contributed by atoms with Gasteiger partial charge in [0.2, 0.25) is 5.91 Å². The van der Waals surface area contributed by atoms with Gasteiger partial charge in [-0.2, -0.15) is 5.26 Å². The summed E-state index contributed by atoms with van der Waals surface area (Å²) in [7, 11) is 0. The first-order valence-corrected chi connectivity index (χ1v) is 7.80. The Morgan fingerprint density at radius 3 is 2.95 bits per heavy atom. The van der Waals surface area contributed by atoms with Gasteiger partial charge in [-0.15, -0.1) is 0 Å². The lowest BCUT2D eigenvalue weighted by molar-refractivity contribution is -0.119. The minimum absolute atomic E-state index is 0.126. The first-order valence-electron chi connectivity index (χ1n) is 6.99. The van der Waals surface area contributed by atoms with Crippen molar-refractivity contribution in [3.8, 4) is 6.19 Å². The molecule has 116 valence electrons. The number of thiazole rings is 1. The minimum Gasteiger partial charge on any atom is -0.465 e. The summed E-state index contributed by atoms with van der Waals surface area (Å²) < 4.78 is 0. The van der Waals surface area contributed by atoms with E-state index in [0.717, 1.165) is 10.6 Å². The third kappa shape index (κ3) is 2.82. The summed E-state index contributed by atoms with van der Waals surface area (Å²) in [5.74, 6) is -0.324. The van der Waals surface area contributed by atoms with Crippen LogP contribution < -0.4 is 5.32 Å². The Morgan fingerprint density at radius 1 is 1.45 bits per heavy atom. The van der Waals surface area contributed by atoms with Crippen LogP contribution in [0.2, 0.25) is 0 Å². The van der Waals surface area contributed by atoms with Crippen LogP contribution in [0.15, 0.2) is 0 Å². The Hall–Kier alpha value is -2.34. The van der Waals surface area contributed by atoms with Crippen LogP contribution in [0.5, 0.6) is 0 Å². The van der Waals surface area contributed by atoms with Crippen LogP contribution in [-0.2, 0) is 17.8 Å². The number of carbonyl (C=O) groups excluding carboxylic acids is 1. The van der Waals surface area contributed by atoms with Crippen molar-refractivity contribution in [2.75, 3.05) is 25.0 Å². The van der Waals surface area contributed by atoms with E-state index >= 15 is 0 Å². The minimum atomic E-state index is -0.938. The van der Waals surface area contributed by atoms with E-state index in [0.29, 0.717) is 44.2 Å². The van der Waals surface area contributed by atoms with Crippen LogP contribution in [0.4, 0.5) is 9.93 Å². The Bertz CT molecular complexity index is 653. The van der Waals surface area contributed by atoms with Crippen molar-refractivity contribution in [1.82, 2.24) is 14.8 Å². The summed E-state index contributed by atoms with van der Waals surface area (Å²) in [6.07, 6.45) is 2.34. The topological polar surface area (TPSA) is 110 Å². The van der Waals surface area contributed by atoms with E-state index < -0.39 is 6.09 Å². The van der Waals surface area contributed by atoms with Crippen LogP contribution in [0.25, 0.3) is 0 Å². The summed E-state index contributed by atoms with van der Waals surface area (Å²) >= 11 is 1.32. The molecule has 1 aromatic heterocycles. The SMILES string of the molecule is N#CN1CCC(C(=O)Nc2nc3c(s2)CN(C(=O)O)CC3)C1. The second-order valence-corrected chi connectivity index (χ2v) is 6.45. The monoisotopic (exact) mass is 321 g/mol. The summed E-state index contributed by atoms with van der Waals surface area (Å²) in [4.78, 5) is 31.3. The van der Waals surface area contributed by atoms with Crippen molar-refractivity contribution < 1.29 is 14.7 Å². The van der Waals surface area contributed by atoms with Gasteiger partial charge < -0.3 is 20.2 Å². The number of carbonyl (C=O) groups is 2. The number of nitrogens with zero attached hydrogens (tertiary/aromatic N) is 4. The lowest BCUT2D eigenvalue weighted by Gasteiger charge is -2.22. The molecule has 2 aliphatic rings. The van der Waals surface area contributed by atoms with E-state index in [1.807, 2.05) is 6.19 Å². The van der Waals surface area contributed by atoms with Gasteiger partial charge in [-0.25, -0.2) is 9.78 Å². The van der Waals surface area contributed by atoms with E-state index in [2.05, 4.69) is 10.3 Å². The maximum atomic E-state index is 12.2. The predicted octanol–water partition coefficient (Wildman–Crippen LogP) is 0.921. The number of aromatic nitrogens is 1. The van der Waals surface area contributed by atoms with Gasteiger partial charge in [0.25, 0.3) is 0 Å². The maximum absolute atomic E-state index is 12.2. The van der Waals surface area contributed by atoms with E-state index in [9.17, 15) is 9.59 Å². The number of amides is 2. The fourth-order valence-corrected chi connectivity index (χ4v) is 3.71. The van der Waals surface area contributed by atoms with Gasteiger partial charge in [-0.1, -0.05) is 11.3 Å². The fourth-order valence-electron chi connectivity index (χ4n) is 2.68. The van der Waals surface area contributed by atoms with Crippen molar-refractivity contribution in [3.63, 3.8) is 0 Å². The van der Waals surface area contributed by atoms with Crippen LogP contribution in [0.3, 0.4) is 0 Å². The van der Waals surface area contributed by atoms with Gasteiger partial charge >= 0.3 is 6.09 Å². The van der Waals surface area contributed by atoms with Crippen LogP contribution in [0, 0.1) is 17.4 Å². The van der Waals surface area contributed by atoms with Gasteiger partial charge in [0.05, 0.1) is 18.2 Å². The second kappa shape index (κ2) is 5.81. The average molecular weight is 321 g/mol. The highest BCUT2D eigenvalue weighted by Crippen LogP contribution is 2.29. The van der Waals surface area contributed by atoms with Crippen LogP contribution in [-0.4, -0.2) is 51.5 Å². The molecule has 0 aliphatic carbocycles. The number of likely N-dealkylation sites (tertiary alicyclic amines) is 1. The van der Waals surface area contributed by atoms with Crippen molar-refractivity contribution >= 4 is 28.5 Å². The Balaban J connectivity index is 1.64. The molecule has 0 aromatic carbocycles. The first kappa shape index (κ1) is 14.6. The predicted molar refractivity (Wildman–Crippen MR) is 78.2 cm³/mol. The zero-order valence-electron chi connectivity index (χ0n) is 11.8. The molecule has 3 rings (SSSR count). The normalized spacial score (nSPS) is 20.4. The molecular weight excluding hydrogens is 306 g/mol. The highest BCUT2D eigenvalue weighted by Gasteiger charge is 2.29. The first-order chi connectivity index (χ1) is 10.6. The lowest BCUT2D eigenvalue weighted by Crippen LogP contribution is -2.34. The largest absolute Gasteiger partial charge is 0.465 e. The number of nitriles is 1. The standard InChI is InChI=1S/C13H15N5O3S/c14-7-17-3-1-8(5-17)11(19)16-12-15-9-2-4-18(13(20)21)6-10(9)22-12/h8H,1-6H2,(H,20,21)(H,15,16,19). The molecule has 0 spiro atoms. The van der Waals surface area contributed by atoms with Gasteiger partial charge in [-0.3, -0.25) is 4.79 Å². The molecule has 9 heteroatoms. The smallest absolute Gasteiger partial charge is 0.407 e. The molecule has 0 saturated carbocycles. The third-order valence-corrected chi connectivity index (χ3v) is 4.93. The third-order valence-electron chi connectivity index (χ3n) is 3.93. The zero-order chi connectivity index (χ0) is 15.7. The molecule has 8 nitrogen and oxygen atoms in total. The van der Waals surface area contributed by atoms with E-state index in [-0.39, 0.29) is 11.8 Å². The van der Waals surface area contributed by atoms with E-state index in [4.69, 9.17) is 10.4 Å². The maximum Gasteiger partial charge on any atom is 0.407 e. The molecule has 1 unspecified atom stereocenters. The molecule has 1 aromatic rings. The molecular formula is C13H15N5O3S. The molecule has 0 bridgehead atoms. The van der Waals surface area contributed by atoms with Crippen molar-refractivity contribution in [2.45, 2.75) is 19.4 Å². The van der Waals surface area contributed by atoms with Gasteiger partial charge in [-0.05, 0) is 6.42 Å². The molecule has 0 radical (unpaired) electrons. The molecule has 1 fully saturated rings. The molecule has 22 heavy (non-hydrogen) atoms. The quantitative estimate of drug-likeness (QED) is 0.784. The second-order valence-electron chi connectivity index (χ2n) is 5.36. The van der Waals surface area contributed by atoms with Crippen molar-refractivity contribution in [2.24, 2.45) is 5.92 Å². The van der Waals surface area contributed by atoms with Crippen LogP contribution >= 0.6 is 11.3 Å². The van der Waals surface area contributed by atoms with Gasteiger partial charge in [0.1, 0.15) is 0 Å². The van der Waals surface area contributed by atoms with Crippen molar-refractivity contribution in [1.29, 1.82) is 5.26 Å². The number of hydrogen-bond acceptors (Lipinski definition) is 6. The Kier molecular flexibility index (Phi) is 3.85. The number of hydrogen-bond donors (Lipinski definition) is 2. The summed E-state index contributed by atoms with van der Waals surface area (Å²) in [5, 5.41) is 21.1. The fraction of sp³-hybridized carbons (Fsp3) is 0.538. The van der Waals surface area contributed by atoms with Gasteiger partial charge in [0, 0.05) is 30.9 Å². The highest BCUT2D eigenvalue weighted by atomic mass is 32.1. The molecule has 1 saturated heterocycles. The van der Waals surface area contributed by atoms with Crippen molar-refractivity contribution in [3.05, 3.63) is 10.6 Å². The molecule has 3 heterocycles. The number of fused-ring (bicyclic) bond motifs is 1. The molecule has 2 aliphatic heterocycles. The van der Waals surface area contributed by atoms with Gasteiger partial charge in [0.15, 0.2) is 11.3 Å². The Labute approximate surface area is 131 Å². The summed E-state index contributed by atoms with van der Waals surface area (Å²) in [6, 6.07) is 0. The average Bonchev–Trinajstić information content (AvgIpc) is 3.12. The zero-order valence-corrected chi connectivity index (χ0v) is 12.6. The highest BCUT2D eigenvalue weighted by molar-refractivity contribution is 7.15. The number of rotatable bonds is 2. The molecule has 2 amide bonds. The Morgan fingerprint density at radius 2 is 2.27 bits per heavy atom. The van der Waals surface area contributed by atoms with E-state index in [1.54, 1.807) is 4.90 Å². The molecule has 1 atom stereocenters. The van der Waals surface area contributed by atoms with Crippen LogP contribution in [0.1, 0.15) is 17.0 Å². The summed E-state index contributed by atoms with van der Waals surface area (Å²) in [5.41, 5.74) is 0.864. The number of anilines is 1. The summed E-state index contributed by atoms with van der Waals surface area (Å²) in [6.45, 7) is 1.81. The number of nitrogens with one attached hydrogen (secondary N) is 1.